The van der Waals surface area contributed by atoms with Crippen molar-refractivity contribution in [3.05, 3.63) is 65.2 Å². The topological polar surface area (TPSA) is 77.6 Å². The molecule has 3 aromatic heterocycles. The molecule has 0 aliphatic carbocycles. The summed E-state index contributed by atoms with van der Waals surface area (Å²) in [5, 5.41) is 12.7. The molecule has 1 aromatic carbocycles. The second-order valence-electron chi connectivity index (χ2n) is 6.81. The third-order valence-electron chi connectivity index (χ3n) is 4.66. The van der Waals surface area contributed by atoms with Crippen LogP contribution in [-0.2, 0) is 6.54 Å². The van der Waals surface area contributed by atoms with Crippen LogP contribution in [0.1, 0.15) is 34.4 Å². The van der Waals surface area contributed by atoms with Crippen LogP contribution in [-0.4, -0.2) is 30.5 Å². The first-order valence-electron chi connectivity index (χ1n) is 9.25. The Kier molecular flexibility index (Phi) is 4.43. The Morgan fingerprint density at radius 2 is 1.79 bits per heavy atom. The monoisotopic (exact) mass is 374 g/mol. The lowest BCUT2D eigenvalue weighted by atomic mass is 10.1. The SMILES string of the molecule is CCn1nc(C)c2c(C(=O)Nc3ccc(-n4ccc(C)n4)cc3)cc(C)nc21. The predicted octanol–water partition coefficient (Wildman–Crippen LogP) is 3.81. The standard InChI is InChI=1S/C21H22N6O/c1-5-26-20-19(15(4)25-26)18(12-14(3)22-20)21(28)23-16-6-8-17(9-7-16)27-11-10-13(2)24-27/h6-12H,5H2,1-4H3,(H,23,28). The van der Waals surface area contributed by atoms with Gasteiger partial charge in [0.1, 0.15) is 0 Å². The van der Waals surface area contributed by atoms with Gasteiger partial charge >= 0.3 is 0 Å². The summed E-state index contributed by atoms with van der Waals surface area (Å²) in [5.41, 5.74) is 5.54. The summed E-state index contributed by atoms with van der Waals surface area (Å²) in [4.78, 5) is 17.6. The molecule has 28 heavy (non-hydrogen) atoms. The Labute approximate surface area is 163 Å². The summed E-state index contributed by atoms with van der Waals surface area (Å²) in [7, 11) is 0. The maximum Gasteiger partial charge on any atom is 0.256 e. The quantitative estimate of drug-likeness (QED) is 0.589. The summed E-state index contributed by atoms with van der Waals surface area (Å²) in [5.74, 6) is -0.170. The molecule has 0 atom stereocenters. The summed E-state index contributed by atoms with van der Waals surface area (Å²) in [6.07, 6.45) is 1.91. The highest BCUT2D eigenvalue weighted by Crippen LogP contribution is 2.23. The van der Waals surface area contributed by atoms with Gasteiger partial charge in [-0.1, -0.05) is 0 Å². The lowest BCUT2D eigenvalue weighted by Gasteiger charge is -2.09. The van der Waals surface area contributed by atoms with E-state index in [9.17, 15) is 4.79 Å². The molecule has 0 aliphatic rings. The molecule has 0 saturated carbocycles. The molecule has 0 unspecified atom stereocenters. The minimum absolute atomic E-state index is 0.170. The zero-order chi connectivity index (χ0) is 19.8. The number of hydrogen-bond acceptors (Lipinski definition) is 4. The molecule has 7 nitrogen and oxygen atoms in total. The number of aromatic nitrogens is 5. The fraction of sp³-hybridized carbons (Fsp3) is 0.238. The average Bonchev–Trinajstić information content (AvgIpc) is 3.25. The summed E-state index contributed by atoms with van der Waals surface area (Å²) in [6.45, 7) is 8.46. The maximum atomic E-state index is 13.0. The number of nitrogens with zero attached hydrogens (tertiary/aromatic N) is 5. The van der Waals surface area contributed by atoms with Crippen molar-refractivity contribution in [1.29, 1.82) is 0 Å². The Hall–Kier alpha value is -3.48. The van der Waals surface area contributed by atoms with Gasteiger partial charge in [-0.15, -0.1) is 0 Å². The number of pyridine rings is 1. The van der Waals surface area contributed by atoms with E-state index in [-0.39, 0.29) is 5.91 Å². The van der Waals surface area contributed by atoms with Crippen LogP contribution < -0.4 is 5.32 Å². The maximum absolute atomic E-state index is 13.0. The van der Waals surface area contributed by atoms with Gasteiger partial charge in [-0.05, 0) is 64.1 Å². The smallest absolute Gasteiger partial charge is 0.256 e. The normalized spacial score (nSPS) is 11.1. The highest BCUT2D eigenvalue weighted by molar-refractivity contribution is 6.12. The molecule has 1 N–H and O–H groups in total. The third kappa shape index (κ3) is 3.15. The highest BCUT2D eigenvalue weighted by atomic mass is 16.1. The van der Waals surface area contributed by atoms with E-state index in [2.05, 4.69) is 20.5 Å². The number of benzene rings is 1. The third-order valence-corrected chi connectivity index (χ3v) is 4.66. The van der Waals surface area contributed by atoms with E-state index >= 15 is 0 Å². The number of carbonyl (C=O) groups is 1. The van der Waals surface area contributed by atoms with Crippen LogP contribution >= 0.6 is 0 Å². The number of hydrogen-bond donors (Lipinski definition) is 1. The van der Waals surface area contributed by atoms with Gasteiger partial charge in [-0.3, -0.25) is 4.79 Å². The molecule has 0 spiro atoms. The zero-order valence-electron chi connectivity index (χ0n) is 16.4. The average molecular weight is 374 g/mol. The fourth-order valence-corrected chi connectivity index (χ4v) is 3.33. The van der Waals surface area contributed by atoms with Crippen LogP contribution in [0.2, 0.25) is 0 Å². The van der Waals surface area contributed by atoms with Crippen LogP contribution in [0.15, 0.2) is 42.6 Å². The lowest BCUT2D eigenvalue weighted by molar-refractivity contribution is 0.102. The van der Waals surface area contributed by atoms with E-state index < -0.39 is 0 Å². The van der Waals surface area contributed by atoms with Crippen LogP contribution in [0.25, 0.3) is 16.7 Å². The Morgan fingerprint density at radius 3 is 2.43 bits per heavy atom. The number of carbonyl (C=O) groups excluding carboxylic acids is 1. The van der Waals surface area contributed by atoms with Crippen molar-refractivity contribution in [3.8, 4) is 5.69 Å². The number of fused-ring (bicyclic) bond motifs is 1. The molecule has 0 saturated heterocycles. The Morgan fingerprint density at radius 1 is 1.04 bits per heavy atom. The van der Waals surface area contributed by atoms with Crippen molar-refractivity contribution in [2.24, 2.45) is 0 Å². The van der Waals surface area contributed by atoms with Crippen molar-refractivity contribution in [2.75, 3.05) is 5.32 Å². The van der Waals surface area contributed by atoms with Gasteiger partial charge in [0, 0.05) is 24.1 Å². The molecule has 4 aromatic rings. The van der Waals surface area contributed by atoms with Gasteiger partial charge in [0.25, 0.3) is 5.91 Å². The van der Waals surface area contributed by atoms with Gasteiger partial charge in [0.15, 0.2) is 5.65 Å². The van der Waals surface area contributed by atoms with Gasteiger partial charge < -0.3 is 5.32 Å². The van der Waals surface area contributed by atoms with Crippen molar-refractivity contribution in [1.82, 2.24) is 24.5 Å². The minimum atomic E-state index is -0.170. The fourth-order valence-electron chi connectivity index (χ4n) is 3.33. The predicted molar refractivity (Wildman–Crippen MR) is 109 cm³/mol. The lowest BCUT2D eigenvalue weighted by Crippen LogP contribution is -2.13. The second kappa shape index (κ2) is 6.92. The van der Waals surface area contributed by atoms with E-state index in [1.807, 2.05) is 75.0 Å². The van der Waals surface area contributed by atoms with Crippen LogP contribution in [0, 0.1) is 20.8 Å². The molecule has 1 amide bonds. The van der Waals surface area contributed by atoms with Crippen molar-refractivity contribution in [2.45, 2.75) is 34.2 Å². The molecule has 142 valence electrons. The Balaban J connectivity index is 1.64. The molecular formula is C21H22N6O. The number of aryl methyl sites for hydroxylation is 4. The van der Waals surface area contributed by atoms with Gasteiger partial charge in [0.05, 0.1) is 28.0 Å². The first kappa shape index (κ1) is 17.9. The molecule has 0 bridgehead atoms. The molecular weight excluding hydrogens is 352 g/mol. The van der Waals surface area contributed by atoms with E-state index in [0.29, 0.717) is 12.1 Å². The van der Waals surface area contributed by atoms with E-state index in [1.54, 1.807) is 4.68 Å². The number of rotatable bonds is 4. The van der Waals surface area contributed by atoms with Crippen molar-refractivity contribution >= 4 is 22.6 Å². The molecule has 0 fully saturated rings. The van der Waals surface area contributed by atoms with Crippen LogP contribution in [0.5, 0.6) is 0 Å². The highest BCUT2D eigenvalue weighted by Gasteiger charge is 2.18. The molecule has 0 aliphatic heterocycles. The molecule has 7 heteroatoms. The van der Waals surface area contributed by atoms with E-state index in [4.69, 9.17) is 0 Å². The van der Waals surface area contributed by atoms with Gasteiger partial charge in [-0.2, -0.15) is 10.2 Å². The molecule has 3 heterocycles. The number of amides is 1. The summed E-state index contributed by atoms with van der Waals surface area (Å²) in [6, 6.07) is 11.4. The van der Waals surface area contributed by atoms with Crippen LogP contribution in [0.3, 0.4) is 0 Å². The first-order valence-corrected chi connectivity index (χ1v) is 9.25. The van der Waals surface area contributed by atoms with Gasteiger partial charge in [0.2, 0.25) is 0 Å². The van der Waals surface area contributed by atoms with E-state index in [0.717, 1.165) is 39.5 Å². The second-order valence-corrected chi connectivity index (χ2v) is 6.81. The first-order chi connectivity index (χ1) is 13.5. The van der Waals surface area contributed by atoms with E-state index in [1.165, 1.54) is 0 Å². The Bertz CT molecular complexity index is 1170. The molecule has 4 rings (SSSR count). The number of anilines is 1. The van der Waals surface area contributed by atoms with Crippen molar-refractivity contribution < 1.29 is 4.79 Å². The zero-order valence-corrected chi connectivity index (χ0v) is 16.4. The summed E-state index contributed by atoms with van der Waals surface area (Å²) < 4.78 is 3.63. The van der Waals surface area contributed by atoms with Gasteiger partial charge in [-0.25, -0.2) is 14.3 Å². The van der Waals surface area contributed by atoms with Crippen LogP contribution in [0.4, 0.5) is 5.69 Å². The largest absolute Gasteiger partial charge is 0.322 e. The van der Waals surface area contributed by atoms with Crippen molar-refractivity contribution in [3.63, 3.8) is 0 Å². The summed E-state index contributed by atoms with van der Waals surface area (Å²) >= 11 is 0. The minimum Gasteiger partial charge on any atom is -0.322 e. The number of nitrogens with one attached hydrogen (secondary N) is 1. The molecule has 0 radical (unpaired) electrons.